The number of amides is 6. The van der Waals surface area contributed by atoms with Crippen LogP contribution in [0, 0.1) is 6.92 Å². The molecule has 350 valence electrons. The van der Waals surface area contributed by atoms with E-state index in [1.54, 1.807) is 36.4 Å². The molecule has 1 unspecified atom stereocenters. The van der Waals surface area contributed by atoms with Crippen LogP contribution in [-0.4, -0.2) is 136 Å². The Hall–Kier alpha value is -5.28. The summed E-state index contributed by atoms with van der Waals surface area (Å²) in [5.41, 5.74) is 1.71. The number of methoxy groups -OCH3 is 2. The van der Waals surface area contributed by atoms with Crippen LogP contribution in [0.2, 0.25) is 0 Å². The summed E-state index contributed by atoms with van der Waals surface area (Å²) in [5, 5.41) is 6.54. The highest BCUT2D eigenvalue weighted by molar-refractivity contribution is 8.05. The van der Waals surface area contributed by atoms with Crippen molar-refractivity contribution in [2.45, 2.75) is 96.8 Å². The second-order valence-electron chi connectivity index (χ2n) is 16.7. The van der Waals surface area contributed by atoms with Gasteiger partial charge >= 0.3 is 0 Å². The zero-order valence-electron chi connectivity index (χ0n) is 37.8. The molecule has 66 heavy (non-hydrogen) atoms. The molecule has 3 aromatic rings. The lowest BCUT2D eigenvalue weighted by molar-refractivity contribution is -0.139. The van der Waals surface area contributed by atoms with E-state index in [1.807, 2.05) is 48.8 Å². The van der Waals surface area contributed by atoms with E-state index < -0.39 is 5.60 Å². The minimum Gasteiger partial charge on any atom is -0.496 e. The number of nitrogens with zero attached hydrogens (tertiary/aromatic N) is 6. The maximum absolute atomic E-state index is 14.4. The maximum Gasteiger partial charge on any atom is 0.257 e. The Morgan fingerprint density at radius 3 is 2.15 bits per heavy atom. The molecule has 1 aliphatic carbocycles. The quantitative estimate of drug-likeness (QED) is 0.153. The molecule has 0 spiro atoms. The van der Waals surface area contributed by atoms with Crippen molar-refractivity contribution in [2.24, 2.45) is 0 Å². The van der Waals surface area contributed by atoms with Gasteiger partial charge in [0.1, 0.15) is 5.75 Å². The number of piperazine rings is 2. The van der Waals surface area contributed by atoms with E-state index in [0.29, 0.717) is 72.7 Å². The number of likely N-dealkylation sites (tertiary alicyclic amines) is 1. The average molecular weight is 975 g/mol. The first-order valence-electron chi connectivity index (χ1n) is 21.5. The molecule has 1 aromatic carbocycles. The number of ether oxygens (including phenoxy) is 2. The molecule has 7 rings (SSSR count). The van der Waals surface area contributed by atoms with E-state index in [9.17, 15) is 28.8 Å². The van der Waals surface area contributed by atoms with Gasteiger partial charge in [0, 0.05) is 81.0 Å². The fourth-order valence-electron chi connectivity index (χ4n) is 8.86. The Morgan fingerprint density at radius 1 is 0.894 bits per heavy atom. The van der Waals surface area contributed by atoms with Gasteiger partial charge in [0.15, 0.2) is 10.3 Å². The van der Waals surface area contributed by atoms with Crippen LogP contribution in [0.3, 0.4) is 0 Å². The van der Waals surface area contributed by atoms with Crippen molar-refractivity contribution in [1.82, 2.24) is 29.6 Å². The molecule has 2 bridgehead atoms. The molecule has 2 N–H and O–H groups in total. The number of anilines is 2. The summed E-state index contributed by atoms with van der Waals surface area (Å²) in [6, 6.07) is 3.35. The minimum atomic E-state index is -1.01. The van der Waals surface area contributed by atoms with Crippen molar-refractivity contribution in [3.05, 3.63) is 83.1 Å². The molecule has 5 heterocycles. The number of aromatic nitrogens is 2. The molecular weight excluding hydrogens is 921 g/mol. The summed E-state index contributed by atoms with van der Waals surface area (Å²) >= 11 is 5.48. The number of rotatable bonds is 15. The van der Waals surface area contributed by atoms with Crippen LogP contribution in [0.15, 0.2) is 85.3 Å². The third-order valence-electron chi connectivity index (χ3n) is 12.3. The highest BCUT2D eigenvalue weighted by Crippen LogP contribution is 2.46. The van der Waals surface area contributed by atoms with Crippen molar-refractivity contribution in [1.29, 1.82) is 0 Å². The Bertz CT molecular complexity index is 2500. The highest BCUT2D eigenvalue weighted by atomic mass is 32.2. The number of aryl methyl sites for hydroxylation is 1. The lowest BCUT2D eigenvalue weighted by Crippen LogP contribution is -2.57. The van der Waals surface area contributed by atoms with Crippen LogP contribution in [0.5, 0.6) is 5.75 Å². The number of hydrogen-bond acceptors (Lipinski definition) is 14. The van der Waals surface area contributed by atoms with E-state index in [-0.39, 0.29) is 60.0 Å². The number of hydrogen-bond donors (Lipinski definition) is 2. The predicted molar refractivity (Wildman–Crippen MR) is 257 cm³/mol. The Morgan fingerprint density at radius 2 is 1.55 bits per heavy atom. The predicted octanol–water partition coefficient (Wildman–Crippen LogP) is 6.77. The van der Waals surface area contributed by atoms with Crippen LogP contribution >= 0.6 is 46.2 Å². The van der Waals surface area contributed by atoms with E-state index >= 15 is 0 Å². The second kappa shape index (κ2) is 20.7. The van der Waals surface area contributed by atoms with Gasteiger partial charge in [-0.3, -0.25) is 28.8 Å². The number of nitrogens with one attached hydrogen (secondary N) is 2. The molecule has 0 radical (unpaired) electrons. The lowest BCUT2D eigenvalue weighted by Gasteiger charge is -2.43. The van der Waals surface area contributed by atoms with Crippen molar-refractivity contribution in [3.8, 4) is 5.75 Å². The second-order valence-corrected chi connectivity index (χ2v) is 21.5. The maximum atomic E-state index is 14.4. The Labute approximate surface area is 400 Å². The first-order valence-corrected chi connectivity index (χ1v) is 24.8. The monoisotopic (exact) mass is 974 g/mol. The van der Waals surface area contributed by atoms with Gasteiger partial charge in [-0.05, 0) is 76.0 Å². The molecule has 3 fully saturated rings. The molecular formula is C46H54N8O8S4. The van der Waals surface area contributed by atoms with Gasteiger partial charge in [0.2, 0.25) is 23.6 Å². The third kappa shape index (κ3) is 10.6. The van der Waals surface area contributed by atoms with Gasteiger partial charge in [-0.25, -0.2) is 9.97 Å². The number of thioether (sulfide) groups is 1. The molecule has 2 aromatic heterocycles. The summed E-state index contributed by atoms with van der Waals surface area (Å²) in [4.78, 5) is 96.2. The van der Waals surface area contributed by atoms with E-state index in [1.165, 1.54) is 65.3 Å². The summed E-state index contributed by atoms with van der Waals surface area (Å²) < 4.78 is 13.4. The molecule has 3 saturated heterocycles. The fraction of sp³-hybridized carbons (Fsp3) is 0.435. The molecule has 3 aliphatic heterocycles. The number of carbonyl (C=O) groups is 6. The standard InChI is InChI=1S/C46H54N8O8S4/c1-9-38(57)51-15-16-53(27(4)23-51)43(60)33-19-36(64-41-22-47-44(65-41)49-28(5)55)29(20-46(33,6)62-8)11-14-37(56)50-45-48-21-40(66-45)63-35-18-32(34(61-7)17-26(35)3)42(59)52-24-30-12-13-31(25-52)54(30)39(58)10-2/h9-10,17-19,21-22,27,30-31H,1-2,11-16,20,23-25H2,3-8H3,(H,47,49,55)(H,48,50,56)/t27-,30-,31+,46?/m0/s1. The summed E-state index contributed by atoms with van der Waals surface area (Å²) in [7, 11) is 3.12. The zero-order valence-corrected chi connectivity index (χ0v) is 41.1. The fourth-order valence-corrected chi connectivity index (χ4v) is 12.9. The van der Waals surface area contributed by atoms with E-state index in [4.69, 9.17) is 9.47 Å². The molecule has 4 atom stereocenters. The van der Waals surface area contributed by atoms with Crippen LogP contribution in [0.4, 0.5) is 10.3 Å². The minimum absolute atomic E-state index is 0.0470. The first kappa shape index (κ1) is 48.6. The SMILES string of the molecule is C=CC(=O)N1CCN(C(=O)C2=CC(Sc3cnc(NC(C)=O)s3)=C(CCC(=O)Nc3ncc(Sc4cc(C(=O)N5C[C@H]6CC[C@@H](C5)N6C(=O)C=C)c(OC)cc4C)s3)CC2(C)OC)[C@@H](C)C1. The van der Waals surface area contributed by atoms with Gasteiger partial charge in [0.25, 0.3) is 11.8 Å². The van der Waals surface area contributed by atoms with Crippen molar-refractivity contribution < 1.29 is 38.2 Å². The van der Waals surface area contributed by atoms with Crippen LogP contribution in [-0.2, 0) is 28.7 Å². The Balaban J connectivity index is 1.05. The van der Waals surface area contributed by atoms with Crippen LogP contribution in [0.25, 0.3) is 0 Å². The average Bonchev–Trinajstić information content (AvgIpc) is 4.01. The molecule has 20 heteroatoms. The van der Waals surface area contributed by atoms with Crippen molar-refractivity contribution in [3.63, 3.8) is 0 Å². The Kier molecular flexibility index (Phi) is 15.3. The number of allylic oxidation sites excluding steroid dienone is 1. The topological polar surface area (TPSA) is 184 Å². The summed E-state index contributed by atoms with van der Waals surface area (Å²) in [6.45, 7) is 16.4. The van der Waals surface area contributed by atoms with Gasteiger partial charge in [-0.15, -0.1) is 0 Å². The number of carbonyl (C=O) groups excluding carboxylic acids is 6. The lowest BCUT2D eigenvalue weighted by atomic mass is 9.81. The van der Waals surface area contributed by atoms with Gasteiger partial charge < -0.3 is 39.7 Å². The van der Waals surface area contributed by atoms with Gasteiger partial charge in [-0.1, -0.05) is 64.9 Å². The number of thiazole rings is 2. The van der Waals surface area contributed by atoms with Gasteiger partial charge in [-0.2, -0.15) is 0 Å². The molecule has 6 amide bonds. The van der Waals surface area contributed by atoms with Crippen molar-refractivity contribution >= 4 is 91.9 Å². The van der Waals surface area contributed by atoms with Crippen LogP contribution in [0.1, 0.15) is 68.8 Å². The van der Waals surface area contributed by atoms with Crippen LogP contribution < -0.4 is 15.4 Å². The number of benzene rings is 1. The highest BCUT2D eigenvalue weighted by Gasteiger charge is 2.44. The number of fused-ring (bicyclic) bond motifs is 2. The van der Waals surface area contributed by atoms with E-state index in [0.717, 1.165) is 42.2 Å². The first-order chi connectivity index (χ1) is 31.5. The normalized spacial score (nSPS) is 21.6. The molecule has 16 nitrogen and oxygen atoms in total. The largest absolute Gasteiger partial charge is 0.496 e. The molecule has 0 saturated carbocycles. The zero-order chi connectivity index (χ0) is 47.4. The smallest absolute Gasteiger partial charge is 0.257 e. The summed E-state index contributed by atoms with van der Waals surface area (Å²) in [5.74, 6) is -0.627. The van der Waals surface area contributed by atoms with Gasteiger partial charge in [0.05, 0.1) is 51.2 Å². The van der Waals surface area contributed by atoms with E-state index in [2.05, 4.69) is 33.8 Å². The summed E-state index contributed by atoms with van der Waals surface area (Å²) in [6.07, 6.45) is 10.3. The molecule has 4 aliphatic rings. The third-order valence-corrected chi connectivity index (χ3v) is 16.6. The van der Waals surface area contributed by atoms with Crippen molar-refractivity contribution in [2.75, 3.05) is 57.6 Å².